The maximum atomic E-state index is 16.3. The first-order valence-electron chi connectivity index (χ1n) is 14.5. The molecule has 2 amide bonds. The SMILES string of the molecule is C[C@@H]1[C@@H]([Si](C)(C)F)[C@H](CC(=O)N2Cc3ccccc3C[C@H]2CO)O[C@@]12C(=O)N(Cc1ccccc1)c1ccc(I)cc12. The zero-order valence-electron chi connectivity index (χ0n) is 24.1. The Morgan fingerprint density at radius 1 is 1.10 bits per heavy atom. The summed E-state index contributed by atoms with van der Waals surface area (Å²) in [6, 6.07) is 23.3. The van der Waals surface area contributed by atoms with E-state index in [1.807, 2.05) is 79.7 Å². The molecule has 0 aliphatic carbocycles. The van der Waals surface area contributed by atoms with E-state index < -0.39 is 31.6 Å². The largest absolute Gasteiger partial charge is 0.394 e. The highest BCUT2D eigenvalue weighted by Gasteiger charge is 2.67. The molecule has 0 radical (unpaired) electrons. The molecule has 42 heavy (non-hydrogen) atoms. The number of aliphatic hydroxyl groups is 1. The van der Waals surface area contributed by atoms with E-state index in [1.165, 1.54) is 0 Å². The van der Waals surface area contributed by atoms with Crippen molar-refractivity contribution in [3.05, 3.63) is 98.6 Å². The Balaban J connectivity index is 1.36. The lowest BCUT2D eigenvalue weighted by Crippen LogP contribution is -2.48. The van der Waals surface area contributed by atoms with Crippen LogP contribution in [0.4, 0.5) is 9.80 Å². The van der Waals surface area contributed by atoms with Gasteiger partial charge in [-0.05, 0) is 77.0 Å². The number of fused-ring (bicyclic) bond motifs is 3. The van der Waals surface area contributed by atoms with Crippen LogP contribution in [-0.2, 0) is 39.4 Å². The van der Waals surface area contributed by atoms with E-state index in [0.29, 0.717) is 19.5 Å². The summed E-state index contributed by atoms with van der Waals surface area (Å²) in [6.07, 6.45) is -0.237. The van der Waals surface area contributed by atoms with Gasteiger partial charge in [0.1, 0.15) is 0 Å². The lowest BCUT2D eigenvalue weighted by atomic mass is 9.82. The van der Waals surface area contributed by atoms with E-state index in [-0.39, 0.29) is 30.9 Å². The molecule has 0 aromatic heterocycles. The van der Waals surface area contributed by atoms with Gasteiger partial charge < -0.3 is 23.8 Å². The van der Waals surface area contributed by atoms with Gasteiger partial charge in [0, 0.05) is 27.1 Å². The summed E-state index contributed by atoms with van der Waals surface area (Å²) in [4.78, 5) is 31.9. The third kappa shape index (κ3) is 4.91. The first kappa shape index (κ1) is 29.5. The van der Waals surface area contributed by atoms with Crippen LogP contribution in [0.5, 0.6) is 0 Å². The van der Waals surface area contributed by atoms with E-state index >= 15 is 4.11 Å². The molecule has 0 bridgehead atoms. The maximum Gasteiger partial charge on any atom is 0.264 e. The van der Waals surface area contributed by atoms with Crippen molar-refractivity contribution in [3.63, 3.8) is 0 Å². The molecule has 3 aliphatic rings. The Kier molecular flexibility index (Phi) is 7.82. The molecule has 6 nitrogen and oxygen atoms in total. The van der Waals surface area contributed by atoms with E-state index in [9.17, 15) is 14.7 Å². The molecule has 3 aliphatic heterocycles. The van der Waals surface area contributed by atoms with Crippen molar-refractivity contribution in [2.75, 3.05) is 11.5 Å². The minimum atomic E-state index is -3.42. The molecule has 220 valence electrons. The highest BCUT2D eigenvalue weighted by atomic mass is 127. The second-order valence-corrected chi connectivity index (χ2v) is 17.4. The summed E-state index contributed by atoms with van der Waals surface area (Å²) in [6.45, 7) is 5.83. The average molecular weight is 699 g/mol. The van der Waals surface area contributed by atoms with Gasteiger partial charge in [0.2, 0.25) is 14.3 Å². The number of rotatable bonds is 6. The Morgan fingerprint density at radius 2 is 1.79 bits per heavy atom. The molecule has 6 rings (SSSR count). The van der Waals surface area contributed by atoms with E-state index in [2.05, 4.69) is 22.6 Å². The fourth-order valence-electron chi connectivity index (χ4n) is 7.47. The molecular weight excluding hydrogens is 662 g/mol. The van der Waals surface area contributed by atoms with Crippen LogP contribution in [0.2, 0.25) is 18.6 Å². The van der Waals surface area contributed by atoms with Gasteiger partial charge in [-0.15, -0.1) is 0 Å². The van der Waals surface area contributed by atoms with Crippen molar-refractivity contribution in [1.29, 1.82) is 0 Å². The van der Waals surface area contributed by atoms with Gasteiger partial charge in [0.05, 0.1) is 37.4 Å². The predicted octanol–water partition coefficient (Wildman–Crippen LogP) is 5.95. The van der Waals surface area contributed by atoms with Gasteiger partial charge in [0.15, 0.2) is 5.60 Å². The minimum Gasteiger partial charge on any atom is -0.394 e. The second-order valence-electron chi connectivity index (χ2n) is 12.3. The van der Waals surface area contributed by atoms with Gasteiger partial charge in [-0.2, -0.15) is 0 Å². The zero-order valence-corrected chi connectivity index (χ0v) is 27.3. The number of hydrogen-bond donors (Lipinski definition) is 1. The molecule has 3 aromatic rings. The highest BCUT2D eigenvalue weighted by molar-refractivity contribution is 14.1. The topological polar surface area (TPSA) is 70.1 Å². The van der Waals surface area contributed by atoms with Crippen LogP contribution in [0.25, 0.3) is 0 Å². The maximum absolute atomic E-state index is 16.3. The third-order valence-electron chi connectivity index (χ3n) is 9.37. The summed E-state index contributed by atoms with van der Waals surface area (Å²) >= 11 is 2.24. The molecule has 1 saturated heterocycles. The Labute approximate surface area is 261 Å². The van der Waals surface area contributed by atoms with Crippen molar-refractivity contribution in [2.24, 2.45) is 5.92 Å². The van der Waals surface area contributed by atoms with Gasteiger partial charge in [-0.1, -0.05) is 61.5 Å². The summed E-state index contributed by atoms with van der Waals surface area (Å²) in [5.41, 5.74) is 2.74. The Morgan fingerprint density at radius 3 is 2.48 bits per heavy atom. The van der Waals surface area contributed by atoms with Crippen LogP contribution in [0.15, 0.2) is 72.8 Å². The number of benzene rings is 3. The first-order valence-corrected chi connectivity index (χ1v) is 18.6. The molecule has 3 aromatic carbocycles. The van der Waals surface area contributed by atoms with Crippen molar-refractivity contribution >= 4 is 48.5 Å². The fourth-order valence-corrected chi connectivity index (χ4v) is 10.5. The fraction of sp³-hybridized carbons (Fsp3) is 0.394. The predicted molar refractivity (Wildman–Crippen MR) is 171 cm³/mol. The molecule has 5 atom stereocenters. The summed E-state index contributed by atoms with van der Waals surface area (Å²) < 4.78 is 24.0. The summed E-state index contributed by atoms with van der Waals surface area (Å²) in [5.74, 6) is -0.854. The van der Waals surface area contributed by atoms with Crippen LogP contribution in [0.1, 0.15) is 35.6 Å². The zero-order chi connectivity index (χ0) is 29.8. The molecule has 9 heteroatoms. The first-order chi connectivity index (χ1) is 20.0. The third-order valence-corrected chi connectivity index (χ3v) is 12.5. The number of carbonyl (C=O) groups excluding carboxylic acids is 2. The van der Waals surface area contributed by atoms with Crippen LogP contribution >= 0.6 is 22.6 Å². The van der Waals surface area contributed by atoms with Crippen molar-refractivity contribution in [2.45, 2.75) is 69.2 Å². The average Bonchev–Trinajstić information content (AvgIpc) is 3.39. The monoisotopic (exact) mass is 698 g/mol. The Hall–Kier alpha value is -2.60. The van der Waals surface area contributed by atoms with E-state index in [4.69, 9.17) is 4.74 Å². The molecule has 0 saturated carbocycles. The van der Waals surface area contributed by atoms with Crippen molar-refractivity contribution < 1.29 is 23.5 Å². The lowest BCUT2D eigenvalue weighted by Gasteiger charge is -2.37. The highest BCUT2D eigenvalue weighted by Crippen LogP contribution is 2.60. The number of hydrogen-bond acceptors (Lipinski definition) is 4. The number of ether oxygens (including phenoxy) is 1. The number of carbonyl (C=O) groups is 2. The van der Waals surface area contributed by atoms with Gasteiger partial charge in [-0.25, -0.2) is 0 Å². The van der Waals surface area contributed by atoms with E-state index in [1.54, 1.807) is 22.9 Å². The second kappa shape index (κ2) is 11.2. The molecule has 1 N–H and O–H groups in total. The standard InChI is InChI=1S/C33H36FIN2O4Si/c1-21-31(42(2,3)34)29(17-30(39)36-19-24-12-8-7-11-23(24)15-26(36)20-38)41-33(21)27-16-25(35)13-14-28(27)37(32(33)40)18-22-9-5-4-6-10-22/h4-14,16,21,26,29,31,38H,15,17-20H2,1-3H3/t21-,26+,29+,31-,33+/m1/s1. The van der Waals surface area contributed by atoms with Gasteiger partial charge in [0.25, 0.3) is 5.91 Å². The van der Waals surface area contributed by atoms with Crippen LogP contribution in [0.3, 0.4) is 0 Å². The quantitative estimate of drug-likeness (QED) is 0.197. The molecular formula is C33H36FIN2O4Si. The van der Waals surface area contributed by atoms with Gasteiger partial charge >= 0.3 is 0 Å². The summed E-state index contributed by atoms with van der Waals surface area (Å²) in [5, 5.41) is 10.2. The van der Waals surface area contributed by atoms with Crippen molar-refractivity contribution in [3.8, 4) is 0 Å². The van der Waals surface area contributed by atoms with Crippen LogP contribution in [-0.4, -0.2) is 49.0 Å². The molecule has 3 heterocycles. The summed E-state index contributed by atoms with van der Waals surface area (Å²) in [7, 11) is -3.42. The lowest BCUT2D eigenvalue weighted by molar-refractivity contribution is -0.151. The molecule has 1 spiro atoms. The Bertz CT molecular complexity index is 1520. The van der Waals surface area contributed by atoms with Crippen LogP contribution < -0.4 is 4.90 Å². The number of nitrogens with zero attached hydrogens (tertiary/aromatic N) is 2. The smallest absolute Gasteiger partial charge is 0.264 e. The van der Waals surface area contributed by atoms with E-state index in [0.717, 1.165) is 31.5 Å². The normalized spacial score (nSPS) is 27.0. The van der Waals surface area contributed by atoms with Crippen LogP contribution in [0, 0.1) is 9.49 Å². The van der Waals surface area contributed by atoms with Crippen molar-refractivity contribution in [1.82, 2.24) is 4.90 Å². The van der Waals surface area contributed by atoms with Gasteiger partial charge in [-0.3, -0.25) is 9.59 Å². The number of anilines is 1. The number of amides is 2. The molecule has 1 fully saturated rings. The number of aliphatic hydroxyl groups excluding tert-OH is 1. The minimum absolute atomic E-state index is 0.0407. The molecule has 0 unspecified atom stereocenters. The number of halogens is 2.